The first kappa shape index (κ1) is 12.1. The lowest BCUT2D eigenvalue weighted by Crippen LogP contribution is -1.94. The first-order valence-electron chi connectivity index (χ1n) is 5.06. The van der Waals surface area contributed by atoms with Gasteiger partial charge in [0.25, 0.3) is 0 Å². The molecule has 0 fully saturated rings. The van der Waals surface area contributed by atoms with E-state index in [1.54, 1.807) is 24.3 Å². The number of hydrogen-bond donors (Lipinski definition) is 1. The Labute approximate surface area is 110 Å². The molecule has 88 valence electrons. The summed E-state index contributed by atoms with van der Waals surface area (Å²) in [5.41, 5.74) is 7.23. The van der Waals surface area contributed by atoms with E-state index in [4.69, 9.17) is 33.7 Å². The number of rotatable bonds is 2. The molecular weight excluding hydrogens is 257 g/mol. The SMILES string of the molecule is Cc1ccc(Cl)cc1Oc1cccc(Cl)c1N. The quantitative estimate of drug-likeness (QED) is 0.803. The number of para-hydroxylation sites is 1. The maximum absolute atomic E-state index is 5.92. The molecule has 0 aliphatic heterocycles. The van der Waals surface area contributed by atoms with Crippen LogP contribution in [-0.2, 0) is 0 Å². The number of aryl methyl sites for hydroxylation is 1. The first-order chi connectivity index (χ1) is 8.08. The summed E-state index contributed by atoms with van der Waals surface area (Å²) in [6, 6.07) is 10.7. The number of ether oxygens (including phenoxy) is 1. The van der Waals surface area contributed by atoms with Crippen LogP contribution in [0.2, 0.25) is 10.0 Å². The van der Waals surface area contributed by atoms with E-state index in [1.807, 2.05) is 19.1 Å². The van der Waals surface area contributed by atoms with Crippen LogP contribution in [0.3, 0.4) is 0 Å². The number of nitrogen functional groups attached to an aromatic ring is 1. The number of halogens is 2. The molecule has 2 aromatic carbocycles. The third-order valence-electron chi connectivity index (χ3n) is 2.38. The summed E-state index contributed by atoms with van der Waals surface area (Å²) in [4.78, 5) is 0. The van der Waals surface area contributed by atoms with Crippen molar-refractivity contribution in [1.82, 2.24) is 0 Å². The largest absolute Gasteiger partial charge is 0.455 e. The Balaban J connectivity index is 2.38. The van der Waals surface area contributed by atoms with Crippen LogP contribution >= 0.6 is 23.2 Å². The molecule has 0 radical (unpaired) electrons. The molecule has 2 aromatic rings. The van der Waals surface area contributed by atoms with Gasteiger partial charge in [-0.05, 0) is 36.8 Å². The predicted octanol–water partition coefficient (Wildman–Crippen LogP) is 4.68. The van der Waals surface area contributed by atoms with Crippen LogP contribution in [0.4, 0.5) is 5.69 Å². The van der Waals surface area contributed by atoms with Crippen molar-refractivity contribution in [3.63, 3.8) is 0 Å². The van der Waals surface area contributed by atoms with Crippen molar-refractivity contribution in [2.75, 3.05) is 5.73 Å². The van der Waals surface area contributed by atoms with E-state index in [0.29, 0.717) is 27.2 Å². The predicted molar refractivity (Wildman–Crippen MR) is 72.1 cm³/mol. The summed E-state index contributed by atoms with van der Waals surface area (Å²) in [5, 5.41) is 1.09. The fourth-order valence-electron chi connectivity index (χ4n) is 1.41. The number of anilines is 1. The van der Waals surface area contributed by atoms with Crippen molar-refractivity contribution in [2.45, 2.75) is 6.92 Å². The van der Waals surface area contributed by atoms with Gasteiger partial charge in [-0.25, -0.2) is 0 Å². The highest BCUT2D eigenvalue weighted by Gasteiger charge is 2.07. The van der Waals surface area contributed by atoms with Crippen molar-refractivity contribution < 1.29 is 4.74 Å². The molecular formula is C13H11Cl2NO. The molecule has 0 atom stereocenters. The summed E-state index contributed by atoms with van der Waals surface area (Å²) in [6.45, 7) is 1.94. The van der Waals surface area contributed by atoms with Gasteiger partial charge in [-0.3, -0.25) is 0 Å². The second kappa shape index (κ2) is 4.86. The van der Waals surface area contributed by atoms with Gasteiger partial charge in [-0.1, -0.05) is 35.3 Å². The van der Waals surface area contributed by atoms with Crippen LogP contribution in [-0.4, -0.2) is 0 Å². The number of hydrogen-bond acceptors (Lipinski definition) is 2. The van der Waals surface area contributed by atoms with Gasteiger partial charge >= 0.3 is 0 Å². The van der Waals surface area contributed by atoms with Crippen LogP contribution in [0, 0.1) is 6.92 Å². The lowest BCUT2D eigenvalue weighted by Gasteiger charge is -2.11. The van der Waals surface area contributed by atoms with Crippen molar-refractivity contribution in [2.24, 2.45) is 0 Å². The Hall–Kier alpha value is -1.38. The molecule has 0 aliphatic rings. The van der Waals surface area contributed by atoms with E-state index < -0.39 is 0 Å². The van der Waals surface area contributed by atoms with Crippen molar-refractivity contribution in [3.05, 3.63) is 52.0 Å². The smallest absolute Gasteiger partial charge is 0.151 e. The molecule has 2 N–H and O–H groups in total. The van der Waals surface area contributed by atoms with Gasteiger partial charge in [0.2, 0.25) is 0 Å². The summed E-state index contributed by atoms with van der Waals surface area (Å²) in [5.74, 6) is 1.20. The third kappa shape index (κ3) is 2.65. The van der Waals surface area contributed by atoms with Crippen LogP contribution in [0.1, 0.15) is 5.56 Å². The molecule has 0 bridgehead atoms. The zero-order valence-corrected chi connectivity index (χ0v) is 10.7. The highest BCUT2D eigenvalue weighted by atomic mass is 35.5. The second-order valence-corrected chi connectivity index (χ2v) is 4.51. The molecule has 0 saturated heterocycles. The lowest BCUT2D eigenvalue weighted by molar-refractivity contribution is 0.481. The summed E-state index contributed by atoms with van der Waals surface area (Å²) in [6.07, 6.45) is 0. The van der Waals surface area contributed by atoms with Gasteiger partial charge in [0, 0.05) is 5.02 Å². The minimum atomic E-state index is 0.425. The van der Waals surface area contributed by atoms with Gasteiger partial charge in [-0.2, -0.15) is 0 Å². The Kier molecular flexibility index (Phi) is 3.46. The molecule has 0 spiro atoms. The maximum Gasteiger partial charge on any atom is 0.151 e. The molecule has 0 unspecified atom stereocenters. The fraction of sp³-hybridized carbons (Fsp3) is 0.0769. The normalized spacial score (nSPS) is 10.3. The molecule has 0 saturated carbocycles. The van der Waals surface area contributed by atoms with Gasteiger partial charge in [-0.15, -0.1) is 0 Å². The summed E-state index contributed by atoms with van der Waals surface area (Å²) < 4.78 is 5.71. The maximum atomic E-state index is 5.92. The summed E-state index contributed by atoms with van der Waals surface area (Å²) in [7, 11) is 0. The minimum absolute atomic E-state index is 0.425. The van der Waals surface area contributed by atoms with E-state index in [-0.39, 0.29) is 0 Å². The van der Waals surface area contributed by atoms with Crippen molar-refractivity contribution in [1.29, 1.82) is 0 Å². The molecule has 2 nitrogen and oxygen atoms in total. The molecule has 0 aliphatic carbocycles. The monoisotopic (exact) mass is 267 g/mol. The van der Waals surface area contributed by atoms with Gasteiger partial charge in [0.1, 0.15) is 5.75 Å². The number of benzene rings is 2. The highest BCUT2D eigenvalue weighted by Crippen LogP contribution is 2.34. The Bertz CT molecular complexity index is 555. The molecule has 0 aromatic heterocycles. The average Bonchev–Trinajstić information content (AvgIpc) is 2.30. The molecule has 17 heavy (non-hydrogen) atoms. The van der Waals surface area contributed by atoms with Crippen LogP contribution < -0.4 is 10.5 Å². The third-order valence-corrected chi connectivity index (χ3v) is 2.95. The molecule has 2 rings (SSSR count). The van der Waals surface area contributed by atoms with E-state index in [9.17, 15) is 0 Å². The molecule has 0 amide bonds. The van der Waals surface area contributed by atoms with Crippen molar-refractivity contribution >= 4 is 28.9 Å². The van der Waals surface area contributed by atoms with E-state index >= 15 is 0 Å². The molecule has 4 heteroatoms. The van der Waals surface area contributed by atoms with Crippen LogP contribution in [0.15, 0.2) is 36.4 Å². The number of nitrogens with two attached hydrogens (primary N) is 1. The van der Waals surface area contributed by atoms with Crippen molar-refractivity contribution in [3.8, 4) is 11.5 Å². The van der Waals surface area contributed by atoms with E-state index in [0.717, 1.165) is 5.56 Å². The molecule has 0 heterocycles. The van der Waals surface area contributed by atoms with E-state index in [1.165, 1.54) is 0 Å². The summed E-state index contributed by atoms with van der Waals surface area (Å²) >= 11 is 11.8. The highest BCUT2D eigenvalue weighted by molar-refractivity contribution is 6.33. The van der Waals surface area contributed by atoms with Crippen LogP contribution in [0.5, 0.6) is 11.5 Å². The Morgan fingerprint density at radius 2 is 1.82 bits per heavy atom. The second-order valence-electron chi connectivity index (χ2n) is 3.66. The zero-order chi connectivity index (χ0) is 12.4. The van der Waals surface area contributed by atoms with Gasteiger partial charge in [0.05, 0.1) is 10.7 Å². The minimum Gasteiger partial charge on any atom is -0.455 e. The zero-order valence-electron chi connectivity index (χ0n) is 9.21. The van der Waals surface area contributed by atoms with Crippen LogP contribution in [0.25, 0.3) is 0 Å². The standard InChI is InChI=1S/C13H11Cl2NO/c1-8-5-6-9(14)7-12(8)17-11-4-2-3-10(15)13(11)16/h2-7H,16H2,1H3. The van der Waals surface area contributed by atoms with Gasteiger partial charge in [0.15, 0.2) is 5.75 Å². The Morgan fingerprint density at radius 1 is 1.06 bits per heavy atom. The Morgan fingerprint density at radius 3 is 2.59 bits per heavy atom. The van der Waals surface area contributed by atoms with Gasteiger partial charge < -0.3 is 10.5 Å². The fourth-order valence-corrected chi connectivity index (χ4v) is 1.74. The topological polar surface area (TPSA) is 35.2 Å². The first-order valence-corrected chi connectivity index (χ1v) is 5.81. The lowest BCUT2D eigenvalue weighted by atomic mass is 10.2. The average molecular weight is 268 g/mol. The van der Waals surface area contributed by atoms with E-state index in [2.05, 4.69) is 0 Å².